The molecule has 0 atom stereocenters. The Morgan fingerprint density at radius 2 is 1.76 bits per heavy atom. The summed E-state index contributed by atoms with van der Waals surface area (Å²) in [6, 6.07) is 5.66. The Kier molecular flexibility index (Phi) is 7.80. The van der Waals surface area contributed by atoms with Crippen molar-refractivity contribution in [3.63, 3.8) is 0 Å². The van der Waals surface area contributed by atoms with Gasteiger partial charge in [-0.05, 0) is 37.1 Å². The summed E-state index contributed by atoms with van der Waals surface area (Å²) in [6.07, 6.45) is 10.1. The molecule has 0 unspecified atom stereocenters. The van der Waals surface area contributed by atoms with E-state index >= 15 is 0 Å². The average molecular weight is 342 g/mol. The SMILES string of the molecule is CCCCOc1ccc(OCCCC)c(OC2=CCC(=[N+]=[N-])C=C2)c1. The highest BCUT2D eigenvalue weighted by Gasteiger charge is 2.13. The Morgan fingerprint density at radius 3 is 2.40 bits per heavy atom. The summed E-state index contributed by atoms with van der Waals surface area (Å²) in [5.41, 5.74) is 9.40. The van der Waals surface area contributed by atoms with Crippen LogP contribution in [0, 0.1) is 0 Å². The molecule has 1 aliphatic carbocycles. The van der Waals surface area contributed by atoms with E-state index < -0.39 is 0 Å². The van der Waals surface area contributed by atoms with Gasteiger partial charge in [-0.1, -0.05) is 26.7 Å². The largest absolute Gasteiger partial charge is 0.493 e. The molecule has 1 aliphatic rings. The van der Waals surface area contributed by atoms with Crippen LogP contribution in [0.25, 0.3) is 5.53 Å². The third-order valence-corrected chi connectivity index (χ3v) is 3.75. The summed E-state index contributed by atoms with van der Waals surface area (Å²) in [5, 5.41) is 0. The smallest absolute Gasteiger partial charge is 0.296 e. The van der Waals surface area contributed by atoms with Gasteiger partial charge in [0.1, 0.15) is 11.5 Å². The van der Waals surface area contributed by atoms with Crippen molar-refractivity contribution in [2.45, 2.75) is 46.0 Å². The second kappa shape index (κ2) is 10.4. The predicted molar refractivity (Wildman–Crippen MR) is 98.3 cm³/mol. The zero-order valence-corrected chi connectivity index (χ0v) is 15.0. The summed E-state index contributed by atoms with van der Waals surface area (Å²) in [6.45, 7) is 5.60. The van der Waals surface area contributed by atoms with Crippen molar-refractivity contribution < 1.29 is 19.0 Å². The van der Waals surface area contributed by atoms with Crippen LogP contribution in [0.3, 0.4) is 0 Å². The number of rotatable bonds is 10. The first-order valence-corrected chi connectivity index (χ1v) is 8.93. The van der Waals surface area contributed by atoms with Crippen LogP contribution >= 0.6 is 0 Å². The lowest BCUT2D eigenvalue weighted by molar-refractivity contribution is -0.00549. The van der Waals surface area contributed by atoms with Crippen molar-refractivity contribution >= 4 is 5.71 Å². The normalized spacial score (nSPS) is 13.2. The second-order valence-electron chi connectivity index (χ2n) is 5.85. The van der Waals surface area contributed by atoms with Crippen LogP contribution in [-0.2, 0) is 0 Å². The van der Waals surface area contributed by atoms with Gasteiger partial charge in [0.25, 0.3) is 5.71 Å². The van der Waals surface area contributed by atoms with Gasteiger partial charge in [-0.2, -0.15) is 4.79 Å². The Bertz CT molecular complexity index is 674. The number of hydrogen-bond donors (Lipinski definition) is 0. The number of ether oxygens (including phenoxy) is 3. The van der Waals surface area contributed by atoms with Crippen molar-refractivity contribution in [2.24, 2.45) is 0 Å². The summed E-state index contributed by atoms with van der Waals surface area (Å²) in [5.74, 6) is 2.79. The molecule has 0 saturated heterocycles. The number of allylic oxidation sites excluding steroid dienone is 3. The minimum atomic E-state index is 0.529. The molecular formula is C20H26N2O3. The molecule has 0 amide bonds. The minimum Gasteiger partial charge on any atom is -0.493 e. The van der Waals surface area contributed by atoms with Gasteiger partial charge >= 0.3 is 0 Å². The first-order chi connectivity index (χ1) is 12.3. The summed E-state index contributed by atoms with van der Waals surface area (Å²) in [4.78, 5) is 3.20. The summed E-state index contributed by atoms with van der Waals surface area (Å²) < 4.78 is 17.6. The first kappa shape index (κ1) is 18.8. The molecule has 0 aliphatic heterocycles. The number of nitrogens with zero attached hydrogens (tertiary/aromatic N) is 2. The van der Waals surface area contributed by atoms with Crippen LogP contribution in [0.5, 0.6) is 17.2 Å². The van der Waals surface area contributed by atoms with Gasteiger partial charge in [-0.3, -0.25) is 0 Å². The van der Waals surface area contributed by atoms with Crippen LogP contribution in [-0.4, -0.2) is 23.7 Å². The molecule has 0 bridgehead atoms. The number of unbranched alkanes of at least 4 members (excludes halogenated alkanes) is 2. The maximum absolute atomic E-state index is 8.80. The molecule has 5 heteroatoms. The Morgan fingerprint density at radius 1 is 1.00 bits per heavy atom. The predicted octanol–water partition coefficient (Wildman–Crippen LogP) is 4.94. The van der Waals surface area contributed by atoms with Crippen LogP contribution in [0.1, 0.15) is 46.0 Å². The van der Waals surface area contributed by atoms with Gasteiger partial charge in [0, 0.05) is 12.1 Å². The van der Waals surface area contributed by atoms with Gasteiger partial charge < -0.3 is 19.7 Å². The fourth-order valence-corrected chi connectivity index (χ4v) is 2.23. The molecule has 1 aromatic carbocycles. The molecule has 0 aromatic heterocycles. The van der Waals surface area contributed by atoms with Crippen molar-refractivity contribution in [3.05, 3.63) is 47.7 Å². The molecular weight excluding hydrogens is 316 g/mol. The maximum atomic E-state index is 8.80. The highest BCUT2D eigenvalue weighted by molar-refractivity contribution is 5.92. The van der Waals surface area contributed by atoms with Crippen molar-refractivity contribution in [1.82, 2.24) is 0 Å². The standard InChI is InChI=1S/C20H26N2O3/c1-3-5-13-23-18-11-12-19(24-14-6-4-2)20(15-18)25-17-9-7-16(22-21)8-10-17/h7,9-12,15H,3-6,8,13-14H2,1-2H3. The van der Waals surface area contributed by atoms with Crippen LogP contribution in [0.2, 0.25) is 0 Å². The third kappa shape index (κ3) is 6.12. The van der Waals surface area contributed by atoms with Gasteiger partial charge in [0.05, 0.1) is 19.6 Å². The van der Waals surface area contributed by atoms with E-state index in [-0.39, 0.29) is 0 Å². The van der Waals surface area contributed by atoms with Crippen molar-refractivity contribution in [1.29, 1.82) is 0 Å². The van der Waals surface area contributed by atoms with Crippen LogP contribution in [0.15, 0.2) is 42.2 Å². The van der Waals surface area contributed by atoms with Gasteiger partial charge in [0.15, 0.2) is 11.5 Å². The van der Waals surface area contributed by atoms with Crippen LogP contribution < -0.4 is 14.2 Å². The van der Waals surface area contributed by atoms with E-state index in [1.54, 1.807) is 12.2 Å². The minimum absolute atomic E-state index is 0.529. The first-order valence-electron chi connectivity index (χ1n) is 8.93. The lowest BCUT2D eigenvalue weighted by Crippen LogP contribution is -2.05. The molecule has 5 nitrogen and oxygen atoms in total. The monoisotopic (exact) mass is 342 g/mol. The fraction of sp³-hybridized carbons (Fsp3) is 0.450. The molecule has 25 heavy (non-hydrogen) atoms. The second-order valence-corrected chi connectivity index (χ2v) is 5.85. The van der Waals surface area contributed by atoms with Gasteiger partial charge in [-0.15, -0.1) is 0 Å². The lowest BCUT2D eigenvalue weighted by Gasteiger charge is -2.15. The van der Waals surface area contributed by atoms with E-state index in [1.807, 2.05) is 24.3 Å². The number of hydrogen-bond acceptors (Lipinski definition) is 3. The molecule has 1 aromatic rings. The Labute approximate surface area is 149 Å². The van der Waals surface area contributed by atoms with Crippen molar-refractivity contribution in [2.75, 3.05) is 13.2 Å². The highest BCUT2D eigenvalue weighted by Crippen LogP contribution is 2.34. The lowest BCUT2D eigenvalue weighted by atomic mass is 10.1. The van der Waals surface area contributed by atoms with Gasteiger partial charge in [0.2, 0.25) is 0 Å². The average Bonchev–Trinajstić information content (AvgIpc) is 2.64. The van der Waals surface area contributed by atoms with E-state index in [2.05, 4.69) is 18.6 Å². The Hall–Kier alpha value is -2.52. The molecule has 0 fully saturated rings. The number of benzene rings is 1. The van der Waals surface area contributed by atoms with E-state index in [9.17, 15) is 0 Å². The molecule has 134 valence electrons. The molecule has 0 radical (unpaired) electrons. The fourth-order valence-electron chi connectivity index (χ4n) is 2.23. The molecule has 2 rings (SSSR count). The van der Waals surface area contributed by atoms with Crippen LogP contribution in [0.4, 0.5) is 0 Å². The maximum Gasteiger partial charge on any atom is 0.296 e. The van der Waals surface area contributed by atoms with E-state index in [1.165, 1.54) is 0 Å². The molecule has 0 N–H and O–H groups in total. The van der Waals surface area contributed by atoms with E-state index in [4.69, 9.17) is 19.7 Å². The zero-order chi connectivity index (χ0) is 17.9. The third-order valence-electron chi connectivity index (χ3n) is 3.75. The van der Waals surface area contributed by atoms with Gasteiger partial charge in [-0.25, -0.2) is 0 Å². The quantitative estimate of drug-likeness (QED) is 0.344. The van der Waals surface area contributed by atoms with E-state index in [0.29, 0.717) is 42.6 Å². The molecule has 0 spiro atoms. The molecule has 0 heterocycles. The van der Waals surface area contributed by atoms with E-state index in [0.717, 1.165) is 31.4 Å². The topological polar surface area (TPSA) is 64.1 Å². The summed E-state index contributed by atoms with van der Waals surface area (Å²) in [7, 11) is 0. The summed E-state index contributed by atoms with van der Waals surface area (Å²) >= 11 is 0. The zero-order valence-electron chi connectivity index (χ0n) is 15.0. The highest BCUT2D eigenvalue weighted by atomic mass is 16.5. The van der Waals surface area contributed by atoms with Crippen molar-refractivity contribution in [3.8, 4) is 17.2 Å². The Balaban J connectivity index is 2.12. The molecule has 0 saturated carbocycles.